The molecule has 3 nitrogen and oxygen atoms in total. The molecule has 0 aromatic heterocycles. The smallest absolute Gasteiger partial charge is 0.0843 e. The van der Waals surface area contributed by atoms with Crippen molar-refractivity contribution in [3.05, 3.63) is 71.8 Å². The molecule has 0 unspecified atom stereocenters. The number of hydrogen-bond donors (Lipinski definition) is 0. The van der Waals surface area contributed by atoms with Crippen LogP contribution in [-0.2, 0) is 9.47 Å². The van der Waals surface area contributed by atoms with Crippen LogP contribution in [0.4, 0.5) is 0 Å². The summed E-state index contributed by atoms with van der Waals surface area (Å²) < 4.78 is 11.7. The molecule has 3 rings (SSSR count). The number of benzene rings is 2. The van der Waals surface area contributed by atoms with E-state index in [1.54, 1.807) is 0 Å². The molecule has 128 valence electrons. The lowest BCUT2D eigenvalue weighted by Gasteiger charge is -2.36. The van der Waals surface area contributed by atoms with Crippen molar-refractivity contribution >= 4 is 0 Å². The summed E-state index contributed by atoms with van der Waals surface area (Å²) in [7, 11) is 0. The van der Waals surface area contributed by atoms with E-state index >= 15 is 0 Å². The van der Waals surface area contributed by atoms with Crippen LogP contribution in [0.1, 0.15) is 36.6 Å². The molecule has 0 bridgehead atoms. The van der Waals surface area contributed by atoms with E-state index in [1.165, 1.54) is 11.1 Å². The molecule has 2 aromatic rings. The van der Waals surface area contributed by atoms with Gasteiger partial charge in [-0.15, -0.1) is 0 Å². The summed E-state index contributed by atoms with van der Waals surface area (Å²) in [4.78, 5) is 2.54. The lowest BCUT2D eigenvalue weighted by molar-refractivity contribution is -0.0116. The molecule has 2 atom stereocenters. The van der Waals surface area contributed by atoms with Crippen LogP contribution >= 0.6 is 0 Å². The van der Waals surface area contributed by atoms with E-state index in [4.69, 9.17) is 9.47 Å². The maximum atomic E-state index is 6.11. The lowest BCUT2D eigenvalue weighted by Crippen LogP contribution is -2.39. The van der Waals surface area contributed by atoms with Crippen LogP contribution in [0.2, 0.25) is 0 Å². The number of ether oxygens (including phenoxy) is 2. The average Bonchev–Trinajstić information content (AvgIpc) is 2.67. The predicted octanol–water partition coefficient (Wildman–Crippen LogP) is 4.23. The van der Waals surface area contributed by atoms with Gasteiger partial charge in [-0.25, -0.2) is 0 Å². The van der Waals surface area contributed by atoms with Crippen LogP contribution < -0.4 is 0 Å². The van der Waals surface area contributed by atoms with Crippen LogP contribution in [0.15, 0.2) is 60.7 Å². The third kappa shape index (κ3) is 4.44. The minimum absolute atomic E-state index is 0.115. The maximum absolute atomic E-state index is 6.11. The molecule has 3 heteroatoms. The quantitative estimate of drug-likeness (QED) is 0.760. The van der Waals surface area contributed by atoms with Crippen molar-refractivity contribution in [3.63, 3.8) is 0 Å². The van der Waals surface area contributed by atoms with Crippen molar-refractivity contribution in [1.29, 1.82) is 0 Å². The van der Waals surface area contributed by atoms with Gasteiger partial charge in [0, 0.05) is 25.7 Å². The van der Waals surface area contributed by atoms with E-state index in [1.807, 2.05) is 0 Å². The fourth-order valence-electron chi connectivity index (χ4n) is 3.43. The second-order valence-electron chi connectivity index (χ2n) is 6.17. The predicted molar refractivity (Wildman–Crippen MR) is 97.0 cm³/mol. The topological polar surface area (TPSA) is 21.7 Å². The van der Waals surface area contributed by atoms with E-state index in [2.05, 4.69) is 72.5 Å². The Morgan fingerprint density at radius 1 is 0.917 bits per heavy atom. The Morgan fingerprint density at radius 2 is 1.50 bits per heavy atom. The Kier molecular flexibility index (Phi) is 6.41. The minimum Gasteiger partial charge on any atom is -0.379 e. The highest BCUT2D eigenvalue weighted by atomic mass is 16.5. The summed E-state index contributed by atoms with van der Waals surface area (Å²) in [6, 6.07) is 21.7. The van der Waals surface area contributed by atoms with E-state index in [-0.39, 0.29) is 6.10 Å². The van der Waals surface area contributed by atoms with Crippen molar-refractivity contribution in [2.75, 3.05) is 32.9 Å². The summed E-state index contributed by atoms with van der Waals surface area (Å²) in [5.74, 6) is 0. The van der Waals surface area contributed by atoms with Gasteiger partial charge in [-0.2, -0.15) is 0 Å². The van der Waals surface area contributed by atoms with Gasteiger partial charge in [-0.1, -0.05) is 60.7 Å². The first kappa shape index (κ1) is 17.2. The normalized spacial score (nSPS) is 18.2. The Bertz CT molecular complexity index is 581. The Hall–Kier alpha value is -1.68. The zero-order valence-electron chi connectivity index (χ0n) is 14.4. The van der Waals surface area contributed by atoms with Crippen LogP contribution in [0, 0.1) is 0 Å². The molecule has 1 fully saturated rings. The van der Waals surface area contributed by atoms with Gasteiger partial charge in [0.05, 0.1) is 19.3 Å². The molecule has 1 aliphatic rings. The van der Waals surface area contributed by atoms with Crippen molar-refractivity contribution in [2.45, 2.75) is 25.5 Å². The SMILES string of the molecule is CCO[C@H](C[C@H](c1ccccc1)N1CCOCC1)c1ccccc1. The largest absolute Gasteiger partial charge is 0.379 e. The lowest BCUT2D eigenvalue weighted by atomic mass is 9.95. The van der Waals surface area contributed by atoms with Gasteiger partial charge in [0.1, 0.15) is 0 Å². The number of morpholine rings is 1. The molecule has 0 spiro atoms. The van der Waals surface area contributed by atoms with E-state index < -0.39 is 0 Å². The highest BCUT2D eigenvalue weighted by Gasteiger charge is 2.26. The summed E-state index contributed by atoms with van der Waals surface area (Å²) in [6.45, 7) is 6.38. The second-order valence-corrected chi connectivity index (χ2v) is 6.17. The van der Waals surface area contributed by atoms with Gasteiger partial charge in [-0.05, 0) is 24.5 Å². The summed E-state index contributed by atoms with van der Waals surface area (Å²) in [5, 5.41) is 0. The summed E-state index contributed by atoms with van der Waals surface area (Å²) >= 11 is 0. The van der Waals surface area contributed by atoms with E-state index in [0.717, 1.165) is 39.3 Å². The van der Waals surface area contributed by atoms with Crippen molar-refractivity contribution in [1.82, 2.24) is 4.90 Å². The first-order valence-electron chi connectivity index (χ1n) is 8.91. The Balaban J connectivity index is 1.83. The van der Waals surface area contributed by atoms with Crippen molar-refractivity contribution < 1.29 is 9.47 Å². The number of nitrogens with zero attached hydrogens (tertiary/aromatic N) is 1. The highest BCUT2D eigenvalue weighted by Crippen LogP contribution is 2.33. The van der Waals surface area contributed by atoms with Crippen LogP contribution in [0.5, 0.6) is 0 Å². The molecule has 0 amide bonds. The maximum Gasteiger partial charge on any atom is 0.0843 e. The van der Waals surface area contributed by atoms with E-state index in [9.17, 15) is 0 Å². The second kappa shape index (κ2) is 8.97. The molecular weight excluding hydrogens is 298 g/mol. The molecule has 0 aliphatic carbocycles. The summed E-state index contributed by atoms with van der Waals surface area (Å²) in [6.07, 6.45) is 1.08. The van der Waals surface area contributed by atoms with Gasteiger partial charge in [0.2, 0.25) is 0 Å². The van der Waals surface area contributed by atoms with E-state index in [0.29, 0.717) is 6.04 Å². The van der Waals surface area contributed by atoms with Gasteiger partial charge in [-0.3, -0.25) is 4.90 Å². The van der Waals surface area contributed by atoms with Gasteiger partial charge in [0.25, 0.3) is 0 Å². The van der Waals surface area contributed by atoms with Crippen molar-refractivity contribution in [3.8, 4) is 0 Å². The molecule has 0 radical (unpaired) electrons. The minimum atomic E-state index is 0.115. The third-order valence-electron chi connectivity index (χ3n) is 4.65. The van der Waals surface area contributed by atoms with Crippen LogP contribution in [0.3, 0.4) is 0 Å². The molecule has 0 saturated carbocycles. The van der Waals surface area contributed by atoms with Gasteiger partial charge < -0.3 is 9.47 Å². The summed E-state index contributed by atoms with van der Waals surface area (Å²) in [5.41, 5.74) is 2.62. The number of hydrogen-bond acceptors (Lipinski definition) is 3. The molecule has 1 aliphatic heterocycles. The standard InChI is InChI=1S/C21H27NO2/c1-2-24-21(19-11-7-4-8-12-19)17-20(18-9-5-3-6-10-18)22-13-15-23-16-14-22/h3-12,20-21H,2,13-17H2,1H3/t20-,21-/m1/s1. The Labute approximate surface area is 145 Å². The fourth-order valence-corrected chi connectivity index (χ4v) is 3.43. The third-order valence-corrected chi connectivity index (χ3v) is 4.65. The molecule has 2 aromatic carbocycles. The number of rotatable bonds is 7. The molecule has 1 heterocycles. The Morgan fingerprint density at radius 3 is 2.08 bits per heavy atom. The molecule has 24 heavy (non-hydrogen) atoms. The molecule has 1 saturated heterocycles. The zero-order valence-corrected chi connectivity index (χ0v) is 14.4. The average molecular weight is 325 g/mol. The molecular formula is C21H27NO2. The highest BCUT2D eigenvalue weighted by molar-refractivity contribution is 5.22. The molecule has 0 N–H and O–H groups in total. The van der Waals surface area contributed by atoms with Crippen LogP contribution in [0.25, 0.3) is 0 Å². The van der Waals surface area contributed by atoms with Gasteiger partial charge in [0.15, 0.2) is 0 Å². The fraction of sp³-hybridized carbons (Fsp3) is 0.429. The van der Waals surface area contributed by atoms with Crippen molar-refractivity contribution in [2.24, 2.45) is 0 Å². The van der Waals surface area contributed by atoms with Gasteiger partial charge >= 0.3 is 0 Å². The first-order chi connectivity index (χ1) is 11.9. The zero-order chi connectivity index (χ0) is 16.6. The first-order valence-corrected chi connectivity index (χ1v) is 8.91. The monoisotopic (exact) mass is 325 g/mol. The van der Waals surface area contributed by atoms with Crippen LogP contribution in [-0.4, -0.2) is 37.8 Å².